The summed E-state index contributed by atoms with van der Waals surface area (Å²) in [6, 6.07) is 5.44. The molecule has 3 heterocycles. The molecule has 1 aliphatic rings. The quantitative estimate of drug-likeness (QED) is 0.852. The van der Waals surface area contributed by atoms with Crippen molar-refractivity contribution in [2.75, 3.05) is 31.2 Å². The zero-order valence-corrected chi connectivity index (χ0v) is 9.74. The normalized spacial score (nSPS) is 16.1. The van der Waals surface area contributed by atoms with Gasteiger partial charge in [0.15, 0.2) is 11.5 Å². The lowest BCUT2D eigenvalue weighted by atomic mass is 10.3. The third-order valence-electron chi connectivity index (χ3n) is 3.02. The van der Waals surface area contributed by atoms with E-state index in [1.54, 1.807) is 22.7 Å². The molecule has 6 heteroatoms. The van der Waals surface area contributed by atoms with Gasteiger partial charge in [0, 0.05) is 19.3 Å². The van der Waals surface area contributed by atoms with Crippen LogP contribution in [0.25, 0.3) is 5.65 Å². The Morgan fingerprint density at radius 1 is 1.33 bits per heavy atom. The summed E-state index contributed by atoms with van der Waals surface area (Å²) in [5, 5.41) is 9.36. The van der Waals surface area contributed by atoms with Crippen LogP contribution in [0.3, 0.4) is 0 Å². The Bertz CT molecular complexity index is 587. The van der Waals surface area contributed by atoms with Gasteiger partial charge in [-0.1, -0.05) is 6.07 Å². The third kappa shape index (κ3) is 1.70. The number of carboxylic acids is 1. The molecule has 6 nitrogen and oxygen atoms in total. The molecule has 1 fully saturated rings. The minimum atomic E-state index is -0.963. The summed E-state index contributed by atoms with van der Waals surface area (Å²) < 4.78 is 6.88. The van der Waals surface area contributed by atoms with Crippen LogP contribution in [-0.4, -0.2) is 46.8 Å². The number of morpholine rings is 1. The van der Waals surface area contributed by atoms with Crippen molar-refractivity contribution in [1.82, 2.24) is 9.38 Å². The standard InChI is InChI=1S/C12H13N3O3/c16-12(17)10-11(14-5-7-18-8-6-14)13-9-3-1-2-4-15(9)10/h1-4H,5-8H2,(H,16,17). The molecular weight excluding hydrogens is 234 g/mol. The zero-order valence-electron chi connectivity index (χ0n) is 9.74. The molecular formula is C12H13N3O3. The number of aromatic nitrogens is 2. The van der Waals surface area contributed by atoms with E-state index in [0.717, 1.165) is 0 Å². The maximum atomic E-state index is 11.4. The van der Waals surface area contributed by atoms with Gasteiger partial charge in [0.2, 0.25) is 0 Å². The van der Waals surface area contributed by atoms with Crippen LogP contribution in [-0.2, 0) is 4.74 Å². The molecule has 0 saturated carbocycles. The topological polar surface area (TPSA) is 67.1 Å². The van der Waals surface area contributed by atoms with Gasteiger partial charge < -0.3 is 14.7 Å². The van der Waals surface area contributed by atoms with Crippen LogP contribution >= 0.6 is 0 Å². The highest BCUT2D eigenvalue weighted by atomic mass is 16.5. The average molecular weight is 247 g/mol. The van der Waals surface area contributed by atoms with E-state index < -0.39 is 5.97 Å². The van der Waals surface area contributed by atoms with E-state index >= 15 is 0 Å². The molecule has 2 aromatic heterocycles. The van der Waals surface area contributed by atoms with Crippen LogP contribution in [0.15, 0.2) is 24.4 Å². The summed E-state index contributed by atoms with van der Waals surface area (Å²) in [5.74, 6) is -0.438. The molecule has 1 N–H and O–H groups in total. The zero-order chi connectivity index (χ0) is 12.5. The number of carboxylic acid groups (broad SMARTS) is 1. The van der Waals surface area contributed by atoms with E-state index in [1.165, 1.54) is 0 Å². The summed E-state index contributed by atoms with van der Waals surface area (Å²) in [4.78, 5) is 17.8. The second kappa shape index (κ2) is 4.30. The minimum Gasteiger partial charge on any atom is -0.476 e. The Balaban J connectivity index is 2.14. The number of nitrogens with zero attached hydrogens (tertiary/aromatic N) is 3. The maximum absolute atomic E-state index is 11.4. The summed E-state index contributed by atoms with van der Waals surface area (Å²) in [6.07, 6.45) is 1.72. The van der Waals surface area contributed by atoms with Crippen molar-refractivity contribution in [1.29, 1.82) is 0 Å². The van der Waals surface area contributed by atoms with E-state index in [0.29, 0.717) is 37.8 Å². The number of anilines is 1. The van der Waals surface area contributed by atoms with Crippen LogP contribution in [0.4, 0.5) is 5.82 Å². The highest BCUT2D eigenvalue weighted by Gasteiger charge is 2.24. The molecule has 0 atom stereocenters. The third-order valence-corrected chi connectivity index (χ3v) is 3.02. The number of hydrogen-bond acceptors (Lipinski definition) is 4. The predicted molar refractivity (Wildman–Crippen MR) is 65.2 cm³/mol. The SMILES string of the molecule is O=C(O)c1c(N2CCOCC2)nc2ccccn12. The van der Waals surface area contributed by atoms with Crippen LogP contribution in [0.5, 0.6) is 0 Å². The Morgan fingerprint density at radius 3 is 2.83 bits per heavy atom. The van der Waals surface area contributed by atoms with Crippen LogP contribution in [0, 0.1) is 0 Å². The number of ether oxygens (including phenoxy) is 1. The summed E-state index contributed by atoms with van der Waals surface area (Å²) in [7, 11) is 0. The molecule has 0 unspecified atom stereocenters. The first-order valence-electron chi connectivity index (χ1n) is 5.80. The number of aromatic carboxylic acids is 1. The van der Waals surface area contributed by atoms with Gasteiger partial charge in [-0.3, -0.25) is 4.40 Å². The van der Waals surface area contributed by atoms with Crippen molar-refractivity contribution in [2.45, 2.75) is 0 Å². The Morgan fingerprint density at radius 2 is 2.11 bits per heavy atom. The van der Waals surface area contributed by atoms with E-state index in [9.17, 15) is 9.90 Å². The monoisotopic (exact) mass is 247 g/mol. The number of rotatable bonds is 2. The fraction of sp³-hybridized carbons (Fsp3) is 0.333. The van der Waals surface area contributed by atoms with E-state index in [2.05, 4.69) is 4.98 Å². The highest BCUT2D eigenvalue weighted by molar-refractivity contribution is 5.93. The lowest BCUT2D eigenvalue weighted by Gasteiger charge is -2.27. The van der Waals surface area contributed by atoms with Gasteiger partial charge in [0.05, 0.1) is 13.2 Å². The van der Waals surface area contributed by atoms with Crippen molar-refractivity contribution >= 4 is 17.4 Å². The number of imidazole rings is 1. The van der Waals surface area contributed by atoms with Crippen molar-refractivity contribution in [3.63, 3.8) is 0 Å². The summed E-state index contributed by atoms with van der Waals surface area (Å²) >= 11 is 0. The lowest BCUT2D eigenvalue weighted by molar-refractivity contribution is 0.0688. The highest BCUT2D eigenvalue weighted by Crippen LogP contribution is 2.22. The fourth-order valence-corrected chi connectivity index (χ4v) is 2.18. The number of fused-ring (bicyclic) bond motifs is 1. The van der Waals surface area contributed by atoms with Crippen molar-refractivity contribution < 1.29 is 14.6 Å². The molecule has 18 heavy (non-hydrogen) atoms. The molecule has 0 bridgehead atoms. The van der Waals surface area contributed by atoms with Crippen LogP contribution in [0.1, 0.15) is 10.5 Å². The molecule has 2 aromatic rings. The second-order valence-electron chi connectivity index (χ2n) is 4.12. The average Bonchev–Trinajstić information content (AvgIpc) is 2.79. The van der Waals surface area contributed by atoms with Gasteiger partial charge in [-0.2, -0.15) is 0 Å². The summed E-state index contributed by atoms with van der Waals surface area (Å²) in [6.45, 7) is 2.55. The second-order valence-corrected chi connectivity index (χ2v) is 4.12. The molecule has 1 aliphatic heterocycles. The largest absolute Gasteiger partial charge is 0.476 e. The van der Waals surface area contributed by atoms with Gasteiger partial charge in [-0.15, -0.1) is 0 Å². The molecule has 0 spiro atoms. The Hall–Kier alpha value is -2.08. The molecule has 0 aliphatic carbocycles. The van der Waals surface area contributed by atoms with Gasteiger partial charge in [0.1, 0.15) is 5.65 Å². The van der Waals surface area contributed by atoms with Gasteiger partial charge >= 0.3 is 5.97 Å². The van der Waals surface area contributed by atoms with E-state index in [-0.39, 0.29) is 5.69 Å². The Labute approximate surface area is 103 Å². The van der Waals surface area contributed by atoms with Gasteiger partial charge in [-0.25, -0.2) is 9.78 Å². The first-order chi connectivity index (χ1) is 8.77. The van der Waals surface area contributed by atoms with E-state index in [4.69, 9.17) is 4.74 Å². The molecule has 0 amide bonds. The summed E-state index contributed by atoms with van der Waals surface area (Å²) in [5.41, 5.74) is 0.865. The lowest BCUT2D eigenvalue weighted by Crippen LogP contribution is -2.37. The Kier molecular flexibility index (Phi) is 2.64. The molecule has 0 aromatic carbocycles. The maximum Gasteiger partial charge on any atom is 0.356 e. The van der Waals surface area contributed by atoms with Gasteiger partial charge in [0.25, 0.3) is 0 Å². The van der Waals surface area contributed by atoms with Gasteiger partial charge in [-0.05, 0) is 12.1 Å². The van der Waals surface area contributed by atoms with Crippen molar-refractivity contribution in [2.24, 2.45) is 0 Å². The van der Waals surface area contributed by atoms with Crippen molar-refractivity contribution in [3.8, 4) is 0 Å². The minimum absolute atomic E-state index is 0.215. The van der Waals surface area contributed by atoms with Crippen LogP contribution < -0.4 is 4.90 Å². The number of carbonyl (C=O) groups is 1. The first kappa shape index (κ1) is 11.0. The van der Waals surface area contributed by atoms with E-state index in [1.807, 2.05) is 11.0 Å². The first-order valence-corrected chi connectivity index (χ1v) is 5.80. The smallest absolute Gasteiger partial charge is 0.356 e. The molecule has 94 valence electrons. The number of hydrogen-bond donors (Lipinski definition) is 1. The molecule has 1 saturated heterocycles. The van der Waals surface area contributed by atoms with Crippen LogP contribution in [0.2, 0.25) is 0 Å². The molecule has 3 rings (SSSR count). The molecule has 0 radical (unpaired) electrons. The van der Waals surface area contributed by atoms with Crippen molar-refractivity contribution in [3.05, 3.63) is 30.1 Å². The number of pyridine rings is 1. The predicted octanol–water partition coefficient (Wildman–Crippen LogP) is 0.869. The fourth-order valence-electron chi connectivity index (χ4n) is 2.18.